The number of aliphatic hydroxyl groups is 1. The SMILES string of the molecule is CC(C)(CO)c1cc(-c2cc(-c3ccc(OC(N)=O)cc3Cl)cs2)ccn1. The maximum Gasteiger partial charge on any atom is 0.409 e. The Kier molecular flexibility index (Phi) is 5.51. The van der Waals surface area contributed by atoms with Crippen LogP contribution in [0.3, 0.4) is 0 Å². The van der Waals surface area contributed by atoms with Crippen LogP contribution in [-0.4, -0.2) is 22.8 Å². The van der Waals surface area contributed by atoms with Gasteiger partial charge < -0.3 is 15.6 Å². The molecule has 0 aliphatic carbocycles. The molecular weight excluding hydrogens is 384 g/mol. The van der Waals surface area contributed by atoms with Crippen molar-refractivity contribution in [2.45, 2.75) is 19.3 Å². The second kappa shape index (κ2) is 7.68. The summed E-state index contributed by atoms with van der Waals surface area (Å²) in [4.78, 5) is 16.3. The van der Waals surface area contributed by atoms with E-state index in [1.54, 1.807) is 35.7 Å². The lowest BCUT2D eigenvalue weighted by Gasteiger charge is -2.21. The van der Waals surface area contributed by atoms with Gasteiger partial charge in [-0.3, -0.25) is 4.98 Å². The molecule has 5 nitrogen and oxygen atoms in total. The van der Waals surface area contributed by atoms with Gasteiger partial charge in [-0.15, -0.1) is 11.3 Å². The molecule has 0 bridgehead atoms. The zero-order valence-corrected chi connectivity index (χ0v) is 16.5. The van der Waals surface area contributed by atoms with Crippen LogP contribution in [0.15, 0.2) is 48.0 Å². The number of aliphatic hydroxyl groups excluding tert-OH is 1. The van der Waals surface area contributed by atoms with E-state index in [-0.39, 0.29) is 6.61 Å². The Morgan fingerprint density at radius 3 is 2.70 bits per heavy atom. The van der Waals surface area contributed by atoms with Gasteiger partial charge in [-0.1, -0.05) is 25.4 Å². The topological polar surface area (TPSA) is 85.4 Å². The van der Waals surface area contributed by atoms with Crippen LogP contribution in [-0.2, 0) is 5.41 Å². The second-order valence-electron chi connectivity index (χ2n) is 6.73. The van der Waals surface area contributed by atoms with Gasteiger partial charge >= 0.3 is 6.09 Å². The lowest BCUT2D eigenvalue weighted by atomic mass is 9.89. The van der Waals surface area contributed by atoms with Crippen LogP contribution in [0, 0.1) is 0 Å². The number of rotatable bonds is 5. The Morgan fingerprint density at radius 1 is 1.26 bits per heavy atom. The molecule has 0 aliphatic rings. The molecule has 3 N–H and O–H groups in total. The van der Waals surface area contributed by atoms with E-state index in [1.165, 1.54) is 0 Å². The van der Waals surface area contributed by atoms with Crippen molar-refractivity contribution in [1.82, 2.24) is 4.98 Å². The van der Waals surface area contributed by atoms with Gasteiger partial charge in [0, 0.05) is 33.8 Å². The Balaban J connectivity index is 1.92. The zero-order valence-electron chi connectivity index (χ0n) is 14.9. The van der Waals surface area contributed by atoms with Gasteiger partial charge in [0.1, 0.15) is 5.75 Å². The number of nitrogens with two attached hydrogens (primary N) is 1. The van der Waals surface area contributed by atoms with E-state index in [1.807, 2.05) is 37.4 Å². The minimum absolute atomic E-state index is 0.0223. The van der Waals surface area contributed by atoms with Crippen LogP contribution in [0.25, 0.3) is 21.6 Å². The fraction of sp³-hybridized carbons (Fsp3) is 0.200. The highest BCUT2D eigenvalue weighted by atomic mass is 35.5. The predicted molar refractivity (Wildman–Crippen MR) is 108 cm³/mol. The molecule has 0 fully saturated rings. The smallest absolute Gasteiger partial charge is 0.409 e. The zero-order chi connectivity index (χ0) is 19.6. The van der Waals surface area contributed by atoms with E-state index in [0.29, 0.717) is 10.8 Å². The van der Waals surface area contributed by atoms with Crippen LogP contribution >= 0.6 is 22.9 Å². The number of ether oxygens (including phenoxy) is 1. The highest BCUT2D eigenvalue weighted by Crippen LogP contribution is 2.37. The first-order valence-electron chi connectivity index (χ1n) is 8.23. The number of primary amides is 1. The number of hydrogen-bond acceptors (Lipinski definition) is 5. The molecule has 0 unspecified atom stereocenters. The van der Waals surface area contributed by atoms with Crippen molar-refractivity contribution in [3.05, 3.63) is 58.7 Å². The number of benzene rings is 1. The van der Waals surface area contributed by atoms with Crippen LogP contribution in [0.4, 0.5) is 4.79 Å². The quantitative estimate of drug-likeness (QED) is 0.638. The normalized spacial score (nSPS) is 11.4. The van der Waals surface area contributed by atoms with Crippen molar-refractivity contribution in [2.75, 3.05) is 6.61 Å². The molecule has 1 amide bonds. The third-order valence-corrected chi connectivity index (χ3v) is 5.49. The summed E-state index contributed by atoms with van der Waals surface area (Å²) in [6.45, 7) is 3.93. The summed E-state index contributed by atoms with van der Waals surface area (Å²) in [5.41, 5.74) is 8.28. The lowest BCUT2D eigenvalue weighted by Crippen LogP contribution is -2.23. The summed E-state index contributed by atoms with van der Waals surface area (Å²) in [5, 5.41) is 12.1. The van der Waals surface area contributed by atoms with E-state index in [2.05, 4.69) is 4.98 Å². The molecule has 2 heterocycles. The summed E-state index contributed by atoms with van der Waals surface area (Å²) < 4.78 is 4.85. The number of amides is 1. The van der Waals surface area contributed by atoms with E-state index in [9.17, 15) is 9.90 Å². The molecule has 7 heteroatoms. The Hall–Kier alpha value is -2.41. The summed E-state index contributed by atoms with van der Waals surface area (Å²) in [6.07, 6.45) is 0.876. The van der Waals surface area contributed by atoms with E-state index in [4.69, 9.17) is 22.1 Å². The van der Waals surface area contributed by atoms with Crippen molar-refractivity contribution >= 4 is 29.0 Å². The van der Waals surface area contributed by atoms with Gasteiger partial charge in [0.05, 0.1) is 11.6 Å². The van der Waals surface area contributed by atoms with Crippen molar-refractivity contribution in [3.8, 4) is 27.3 Å². The molecule has 1 aromatic carbocycles. The summed E-state index contributed by atoms with van der Waals surface area (Å²) in [6, 6.07) is 11.0. The van der Waals surface area contributed by atoms with Crippen molar-refractivity contribution < 1.29 is 14.6 Å². The molecule has 0 saturated heterocycles. The standard InChI is InChI=1S/C20H19ClN2O3S/c1-20(2,11-24)18-8-12(5-6-23-18)17-7-13(10-27-17)15-4-3-14(9-16(15)21)26-19(22)25/h3-10,24H,11H2,1-2H3,(H2,22,25). The number of carbonyl (C=O) groups excluding carboxylic acids is 1. The lowest BCUT2D eigenvalue weighted by molar-refractivity contribution is 0.211. The van der Waals surface area contributed by atoms with Crippen LogP contribution in [0.2, 0.25) is 5.02 Å². The Labute approximate surface area is 166 Å². The molecule has 0 spiro atoms. The van der Waals surface area contributed by atoms with E-state index in [0.717, 1.165) is 27.3 Å². The van der Waals surface area contributed by atoms with Gasteiger partial charge in [0.25, 0.3) is 0 Å². The Morgan fingerprint density at radius 2 is 2.04 bits per heavy atom. The molecule has 0 aliphatic heterocycles. The Bertz CT molecular complexity index is 985. The first-order valence-corrected chi connectivity index (χ1v) is 9.49. The van der Waals surface area contributed by atoms with Gasteiger partial charge in [0.15, 0.2) is 0 Å². The minimum atomic E-state index is -0.879. The predicted octanol–water partition coefficient (Wildman–Crippen LogP) is 4.86. The number of carbonyl (C=O) groups is 1. The van der Waals surface area contributed by atoms with Crippen LogP contribution < -0.4 is 10.5 Å². The molecule has 3 aromatic rings. The third kappa shape index (κ3) is 4.30. The molecule has 0 saturated carbocycles. The third-order valence-electron chi connectivity index (χ3n) is 4.20. The number of pyridine rings is 1. The average molecular weight is 403 g/mol. The van der Waals surface area contributed by atoms with Crippen LogP contribution in [0.5, 0.6) is 5.75 Å². The van der Waals surface area contributed by atoms with Gasteiger partial charge in [-0.05, 0) is 46.8 Å². The largest absolute Gasteiger partial charge is 0.410 e. The molecule has 2 aromatic heterocycles. The molecule has 27 heavy (non-hydrogen) atoms. The fourth-order valence-electron chi connectivity index (χ4n) is 2.57. The fourth-order valence-corrected chi connectivity index (χ4v) is 3.76. The summed E-state index contributed by atoms with van der Waals surface area (Å²) in [7, 11) is 0. The van der Waals surface area contributed by atoms with Gasteiger partial charge in [0.2, 0.25) is 0 Å². The molecule has 3 rings (SSSR count). The molecule has 0 radical (unpaired) electrons. The maximum absolute atomic E-state index is 10.9. The maximum atomic E-state index is 10.9. The monoisotopic (exact) mass is 402 g/mol. The van der Waals surface area contributed by atoms with Crippen molar-refractivity contribution in [3.63, 3.8) is 0 Å². The van der Waals surface area contributed by atoms with Gasteiger partial charge in [-0.2, -0.15) is 0 Å². The molecular formula is C20H19ClN2O3S. The average Bonchev–Trinajstić information content (AvgIpc) is 3.11. The molecule has 0 atom stereocenters. The number of hydrogen-bond donors (Lipinski definition) is 2. The number of halogens is 1. The summed E-state index contributed by atoms with van der Waals surface area (Å²) >= 11 is 7.93. The number of aromatic nitrogens is 1. The van der Waals surface area contributed by atoms with Crippen molar-refractivity contribution in [1.29, 1.82) is 0 Å². The van der Waals surface area contributed by atoms with Crippen molar-refractivity contribution in [2.24, 2.45) is 5.73 Å². The minimum Gasteiger partial charge on any atom is -0.410 e. The van der Waals surface area contributed by atoms with Gasteiger partial charge in [-0.25, -0.2) is 4.79 Å². The first-order chi connectivity index (χ1) is 12.8. The molecule has 140 valence electrons. The number of thiophene rings is 1. The van der Waals surface area contributed by atoms with E-state index >= 15 is 0 Å². The van der Waals surface area contributed by atoms with E-state index < -0.39 is 11.5 Å². The number of nitrogens with zero attached hydrogens (tertiary/aromatic N) is 1. The first kappa shape index (κ1) is 19.4. The highest BCUT2D eigenvalue weighted by Gasteiger charge is 2.21. The second-order valence-corrected chi connectivity index (χ2v) is 8.05. The highest BCUT2D eigenvalue weighted by molar-refractivity contribution is 7.14. The summed E-state index contributed by atoms with van der Waals surface area (Å²) in [5.74, 6) is 0.303. The van der Waals surface area contributed by atoms with Crippen LogP contribution in [0.1, 0.15) is 19.5 Å².